The van der Waals surface area contributed by atoms with Gasteiger partial charge in [0.1, 0.15) is 11.9 Å². The van der Waals surface area contributed by atoms with E-state index in [9.17, 15) is 9.50 Å². The van der Waals surface area contributed by atoms with Gasteiger partial charge in [-0.2, -0.15) is 0 Å². The number of aliphatic hydroxyl groups excluding tert-OH is 1. The minimum atomic E-state index is -1.04. The van der Waals surface area contributed by atoms with E-state index in [1.54, 1.807) is 36.4 Å². The fourth-order valence-corrected chi connectivity index (χ4v) is 2.84. The van der Waals surface area contributed by atoms with E-state index in [4.69, 9.17) is 16.0 Å². The average Bonchev–Trinajstić information content (AvgIpc) is 2.83. The predicted octanol–water partition coefficient (Wildman–Crippen LogP) is 5.07. The lowest BCUT2D eigenvalue weighted by molar-refractivity contribution is 0.192. The fourth-order valence-electron chi connectivity index (χ4n) is 2.06. The van der Waals surface area contributed by atoms with Crippen molar-refractivity contribution in [3.63, 3.8) is 0 Å². The summed E-state index contributed by atoms with van der Waals surface area (Å²) in [5, 5.41) is 11.4. The second-order valence-corrected chi connectivity index (χ2v) is 5.70. The summed E-state index contributed by atoms with van der Waals surface area (Å²) in [6, 6.07) is 11.4. The third kappa shape index (κ3) is 2.35. The third-order valence-electron chi connectivity index (χ3n) is 3.04. The molecule has 102 valence electrons. The molecule has 2 aromatic carbocycles. The molecule has 0 aliphatic carbocycles. The Morgan fingerprint density at radius 1 is 1.20 bits per heavy atom. The van der Waals surface area contributed by atoms with Crippen LogP contribution in [0.2, 0.25) is 5.02 Å². The van der Waals surface area contributed by atoms with Crippen LogP contribution in [0.15, 0.2) is 51.4 Å². The minimum Gasteiger partial charge on any atom is -0.455 e. The van der Waals surface area contributed by atoms with Crippen LogP contribution in [-0.4, -0.2) is 5.11 Å². The first kappa shape index (κ1) is 13.6. The van der Waals surface area contributed by atoms with Crippen LogP contribution in [0.1, 0.15) is 17.4 Å². The Bertz CT molecular complexity index is 785. The number of benzene rings is 2. The van der Waals surface area contributed by atoms with E-state index in [-0.39, 0.29) is 11.3 Å². The first-order valence-corrected chi connectivity index (χ1v) is 7.04. The largest absolute Gasteiger partial charge is 0.455 e. The van der Waals surface area contributed by atoms with Gasteiger partial charge < -0.3 is 9.52 Å². The maximum atomic E-state index is 13.6. The molecule has 0 aliphatic heterocycles. The molecule has 0 saturated heterocycles. The minimum absolute atomic E-state index is 0.134. The first-order valence-electron chi connectivity index (χ1n) is 5.87. The van der Waals surface area contributed by atoms with Gasteiger partial charge in [-0.1, -0.05) is 45.7 Å². The number of hydrogen-bond donors (Lipinski definition) is 1. The zero-order chi connectivity index (χ0) is 14.3. The molecule has 1 aromatic heterocycles. The summed E-state index contributed by atoms with van der Waals surface area (Å²) in [5.41, 5.74) is 0.643. The Kier molecular flexibility index (Phi) is 3.54. The van der Waals surface area contributed by atoms with Crippen LogP contribution in [0.3, 0.4) is 0 Å². The molecule has 2 nitrogen and oxygen atoms in total. The topological polar surface area (TPSA) is 33.4 Å². The molecule has 0 aliphatic rings. The van der Waals surface area contributed by atoms with Gasteiger partial charge in [-0.3, -0.25) is 0 Å². The summed E-state index contributed by atoms with van der Waals surface area (Å²) in [4.78, 5) is 0. The van der Waals surface area contributed by atoms with Crippen LogP contribution in [0.5, 0.6) is 0 Å². The fraction of sp³-hybridized carbons (Fsp3) is 0.0667. The standard InChI is InChI=1S/C15H9BrClFO2/c16-9-4-5-10(11(17)7-9)14(19)13-6-8-2-1-3-12(18)15(8)20-13/h1-7,14,19H. The maximum absolute atomic E-state index is 13.6. The summed E-state index contributed by atoms with van der Waals surface area (Å²) >= 11 is 9.40. The summed E-state index contributed by atoms with van der Waals surface area (Å²) in [6.45, 7) is 0. The van der Waals surface area contributed by atoms with Crippen molar-refractivity contribution in [2.24, 2.45) is 0 Å². The van der Waals surface area contributed by atoms with Crippen LogP contribution < -0.4 is 0 Å². The molecule has 3 rings (SSSR count). The Morgan fingerprint density at radius 2 is 2.00 bits per heavy atom. The molecular weight excluding hydrogens is 347 g/mol. The predicted molar refractivity (Wildman–Crippen MR) is 79.4 cm³/mol. The lowest BCUT2D eigenvalue weighted by Crippen LogP contribution is -1.98. The average molecular weight is 356 g/mol. The normalized spacial score (nSPS) is 12.8. The molecule has 0 amide bonds. The highest BCUT2D eigenvalue weighted by molar-refractivity contribution is 9.10. The van der Waals surface area contributed by atoms with E-state index in [0.29, 0.717) is 16.0 Å². The Balaban J connectivity index is 2.08. The van der Waals surface area contributed by atoms with Gasteiger partial charge in [-0.15, -0.1) is 0 Å². The molecule has 0 bridgehead atoms. The zero-order valence-corrected chi connectivity index (χ0v) is 12.5. The van der Waals surface area contributed by atoms with Crippen molar-refractivity contribution in [2.75, 3.05) is 0 Å². The smallest absolute Gasteiger partial charge is 0.170 e. The quantitative estimate of drug-likeness (QED) is 0.696. The van der Waals surface area contributed by atoms with Crippen molar-refractivity contribution in [3.05, 3.63) is 69.1 Å². The third-order valence-corrected chi connectivity index (χ3v) is 3.86. The summed E-state index contributed by atoms with van der Waals surface area (Å²) in [5.74, 6) is -0.197. The summed E-state index contributed by atoms with van der Waals surface area (Å²) in [7, 11) is 0. The van der Waals surface area contributed by atoms with Crippen LogP contribution in [0.25, 0.3) is 11.0 Å². The Labute approximate surface area is 127 Å². The molecule has 3 aromatic rings. The van der Waals surface area contributed by atoms with Gasteiger partial charge in [-0.05, 0) is 24.3 Å². The number of halogens is 3. The van der Waals surface area contributed by atoms with Crippen LogP contribution >= 0.6 is 27.5 Å². The lowest BCUT2D eigenvalue weighted by Gasteiger charge is -2.10. The second-order valence-electron chi connectivity index (χ2n) is 4.38. The number of hydrogen-bond acceptors (Lipinski definition) is 2. The zero-order valence-electron chi connectivity index (χ0n) is 10.1. The SMILES string of the molecule is OC(c1cc2cccc(F)c2o1)c1ccc(Br)cc1Cl. The number of aliphatic hydroxyl groups is 1. The molecule has 5 heteroatoms. The van der Waals surface area contributed by atoms with E-state index < -0.39 is 11.9 Å². The van der Waals surface area contributed by atoms with Crippen LogP contribution in [0.4, 0.5) is 4.39 Å². The van der Waals surface area contributed by atoms with E-state index in [0.717, 1.165) is 4.47 Å². The molecule has 0 radical (unpaired) electrons. The Hall–Kier alpha value is -1.36. The molecule has 20 heavy (non-hydrogen) atoms. The van der Waals surface area contributed by atoms with Gasteiger partial charge in [0.15, 0.2) is 11.4 Å². The number of furan rings is 1. The van der Waals surface area contributed by atoms with E-state index in [1.165, 1.54) is 6.07 Å². The van der Waals surface area contributed by atoms with Gasteiger partial charge in [0.25, 0.3) is 0 Å². The molecule has 0 saturated carbocycles. The maximum Gasteiger partial charge on any atom is 0.170 e. The molecule has 1 heterocycles. The van der Waals surface area contributed by atoms with Gasteiger partial charge in [0.05, 0.1) is 0 Å². The molecule has 0 fully saturated rings. The van der Waals surface area contributed by atoms with E-state index >= 15 is 0 Å². The summed E-state index contributed by atoms with van der Waals surface area (Å²) < 4.78 is 19.8. The van der Waals surface area contributed by atoms with Crippen molar-refractivity contribution >= 4 is 38.5 Å². The van der Waals surface area contributed by atoms with Crippen molar-refractivity contribution in [1.29, 1.82) is 0 Å². The van der Waals surface area contributed by atoms with Crippen molar-refractivity contribution < 1.29 is 13.9 Å². The molecule has 1 atom stereocenters. The van der Waals surface area contributed by atoms with Crippen molar-refractivity contribution in [2.45, 2.75) is 6.10 Å². The van der Waals surface area contributed by atoms with Crippen LogP contribution in [-0.2, 0) is 0 Å². The van der Waals surface area contributed by atoms with Crippen molar-refractivity contribution in [3.8, 4) is 0 Å². The molecule has 1 unspecified atom stereocenters. The highest BCUT2D eigenvalue weighted by Gasteiger charge is 2.19. The monoisotopic (exact) mass is 354 g/mol. The van der Waals surface area contributed by atoms with Gasteiger partial charge in [0.2, 0.25) is 0 Å². The van der Waals surface area contributed by atoms with Gasteiger partial charge in [0, 0.05) is 20.4 Å². The van der Waals surface area contributed by atoms with Crippen LogP contribution in [0, 0.1) is 5.82 Å². The molecule has 1 N–H and O–H groups in total. The number of rotatable bonds is 2. The number of para-hydroxylation sites is 1. The highest BCUT2D eigenvalue weighted by Crippen LogP contribution is 2.33. The molecular formula is C15H9BrClFO2. The lowest BCUT2D eigenvalue weighted by atomic mass is 10.1. The van der Waals surface area contributed by atoms with E-state index in [1.807, 2.05) is 0 Å². The van der Waals surface area contributed by atoms with Gasteiger partial charge >= 0.3 is 0 Å². The van der Waals surface area contributed by atoms with Gasteiger partial charge in [-0.25, -0.2) is 4.39 Å². The van der Waals surface area contributed by atoms with E-state index in [2.05, 4.69) is 15.9 Å². The Morgan fingerprint density at radius 3 is 2.70 bits per heavy atom. The number of fused-ring (bicyclic) bond motifs is 1. The second kappa shape index (κ2) is 5.20. The highest BCUT2D eigenvalue weighted by atomic mass is 79.9. The van der Waals surface area contributed by atoms with Crippen molar-refractivity contribution in [1.82, 2.24) is 0 Å². The first-order chi connectivity index (χ1) is 9.56. The molecule has 0 spiro atoms. The summed E-state index contributed by atoms with van der Waals surface area (Å²) in [6.07, 6.45) is -1.04.